The number of anilines is 1. The van der Waals surface area contributed by atoms with Gasteiger partial charge in [-0.05, 0) is 44.2 Å². The predicted molar refractivity (Wildman–Crippen MR) is 94.1 cm³/mol. The highest BCUT2D eigenvalue weighted by molar-refractivity contribution is 5.97. The van der Waals surface area contributed by atoms with E-state index in [1.54, 1.807) is 36.4 Å². The van der Waals surface area contributed by atoms with Gasteiger partial charge in [-0.15, -0.1) is 0 Å². The van der Waals surface area contributed by atoms with E-state index in [4.69, 9.17) is 14.2 Å². The molecule has 132 valence electrons. The van der Waals surface area contributed by atoms with Gasteiger partial charge in [0.15, 0.2) is 17.6 Å². The van der Waals surface area contributed by atoms with Crippen LogP contribution in [0.5, 0.6) is 11.5 Å². The smallest absolute Gasteiger partial charge is 0.339 e. The summed E-state index contributed by atoms with van der Waals surface area (Å²) in [5.74, 6) is -0.0522. The molecule has 0 aromatic heterocycles. The fraction of sp³-hybridized carbons (Fsp3) is 0.263. The van der Waals surface area contributed by atoms with Gasteiger partial charge in [-0.25, -0.2) is 4.79 Å². The first kappa shape index (κ1) is 18.3. The van der Waals surface area contributed by atoms with Crippen molar-refractivity contribution >= 4 is 17.6 Å². The molecule has 2 aromatic carbocycles. The fourth-order valence-corrected chi connectivity index (χ4v) is 2.12. The number of amides is 1. The van der Waals surface area contributed by atoms with Crippen LogP contribution < -0.4 is 14.8 Å². The van der Waals surface area contributed by atoms with Crippen molar-refractivity contribution in [3.05, 3.63) is 54.1 Å². The van der Waals surface area contributed by atoms with Crippen LogP contribution in [0.3, 0.4) is 0 Å². The highest BCUT2D eigenvalue weighted by atomic mass is 16.5. The Morgan fingerprint density at radius 2 is 1.80 bits per heavy atom. The number of esters is 1. The van der Waals surface area contributed by atoms with Crippen LogP contribution >= 0.6 is 0 Å². The molecule has 6 nitrogen and oxygen atoms in total. The van der Waals surface area contributed by atoms with Crippen LogP contribution in [0.25, 0.3) is 0 Å². The molecule has 0 spiro atoms. The molecule has 25 heavy (non-hydrogen) atoms. The van der Waals surface area contributed by atoms with E-state index in [2.05, 4.69) is 5.32 Å². The summed E-state index contributed by atoms with van der Waals surface area (Å²) in [6.07, 6.45) is -0.940. The van der Waals surface area contributed by atoms with E-state index in [9.17, 15) is 9.59 Å². The SMILES string of the molecule is CCOc1ccc(C(=O)OC(C)C(=O)Nc2ccccc2)cc1OC. The summed E-state index contributed by atoms with van der Waals surface area (Å²) in [6.45, 7) is 3.85. The van der Waals surface area contributed by atoms with Gasteiger partial charge in [0.1, 0.15) is 0 Å². The number of benzene rings is 2. The summed E-state index contributed by atoms with van der Waals surface area (Å²) in [5, 5.41) is 2.69. The van der Waals surface area contributed by atoms with Gasteiger partial charge in [0.2, 0.25) is 0 Å². The molecule has 2 rings (SSSR count). The van der Waals surface area contributed by atoms with E-state index in [1.807, 2.05) is 13.0 Å². The summed E-state index contributed by atoms with van der Waals surface area (Å²) in [7, 11) is 1.49. The standard InChI is InChI=1S/C19H21NO5/c1-4-24-16-11-10-14(12-17(16)23-3)19(22)25-13(2)18(21)20-15-8-6-5-7-9-15/h5-13H,4H2,1-3H3,(H,20,21). The molecule has 0 aliphatic carbocycles. The Kier molecular flexibility index (Phi) is 6.39. The van der Waals surface area contributed by atoms with Crippen molar-refractivity contribution in [1.82, 2.24) is 0 Å². The highest BCUT2D eigenvalue weighted by Gasteiger charge is 2.20. The maximum atomic E-state index is 12.3. The van der Waals surface area contributed by atoms with Crippen molar-refractivity contribution in [2.75, 3.05) is 19.0 Å². The monoisotopic (exact) mass is 343 g/mol. The number of carbonyl (C=O) groups is 2. The van der Waals surface area contributed by atoms with Gasteiger partial charge in [-0.1, -0.05) is 18.2 Å². The van der Waals surface area contributed by atoms with Crippen LogP contribution in [-0.4, -0.2) is 31.7 Å². The van der Waals surface area contributed by atoms with Crippen LogP contribution in [0.1, 0.15) is 24.2 Å². The van der Waals surface area contributed by atoms with Gasteiger partial charge in [-0.2, -0.15) is 0 Å². The maximum Gasteiger partial charge on any atom is 0.339 e. The lowest BCUT2D eigenvalue weighted by Gasteiger charge is -2.14. The highest BCUT2D eigenvalue weighted by Crippen LogP contribution is 2.28. The first-order valence-corrected chi connectivity index (χ1v) is 7.93. The zero-order chi connectivity index (χ0) is 18.2. The zero-order valence-corrected chi connectivity index (χ0v) is 14.4. The van der Waals surface area contributed by atoms with Gasteiger partial charge in [0.05, 0.1) is 19.3 Å². The van der Waals surface area contributed by atoms with E-state index >= 15 is 0 Å². The van der Waals surface area contributed by atoms with E-state index in [1.165, 1.54) is 20.1 Å². The molecule has 0 fully saturated rings. The van der Waals surface area contributed by atoms with Gasteiger partial charge in [0, 0.05) is 5.69 Å². The molecule has 0 radical (unpaired) electrons. The first-order valence-electron chi connectivity index (χ1n) is 7.93. The van der Waals surface area contributed by atoms with Crippen LogP contribution in [0.2, 0.25) is 0 Å². The number of hydrogen-bond acceptors (Lipinski definition) is 5. The molecule has 0 aliphatic heterocycles. The van der Waals surface area contributed by atoms with E-state index < -0.39 is 18.0 Å². The number of carbonyl (C=O) groups excluding carboxylic acids is 2. The molecule has 1 unspecified atom stereocenters. The van der Waals surface area contributed by atoms with Crippen molar-refractivity contribution in [1.29, 1.82) is 0 Å². The molecule has 2 aromatic rings. The average Bonchev–Trinajstić information content (AvgIpc) is 2.63. The van der Waals surface area contributed by atoms with Crippen LogP contribution in [0.4, 0.5) is 5.69 Å². The minimum atomic E-state index is -0.940. The Hall–Kier alpha value is -3.02. The summed E-state index contributed by atoms with van der Waals surface area (Å²) < 4.78 is 15.8. The fourth-order valence-electron chi connectivity index (χ4n) is 2.12. The minimum absolute atomic E-state index is 0.277. The van der Waals surface area contributed by atoms with Crippen LogP contribution in [-0.2, 0) is 9.53 Å². The van der Waals surface area contributed by atoms with Crippen molar-refractivity contribution in [2.45, 2.75) is 20.0 Å². The lowest BCUT2D eigenvalue weighted by atomic mass is 10.2. The van der Waals surface area contributed by atoms with E-state index in [0.717, 1.165) is 0 Å². The quantitative estimate of drug-likeness (QED) is 0.781. The van der Waals surface area contributed by atoms with Crippen LogP contribution in [0.15, 0.2) is 48.5 Å². The largest absolute Gasteiger partial charge is 0.493 e. The average molecular weight is 343 g/mol. The molecule has 0 saturated heterocycles. The Labute approximate surface area is 146 Å². The third-order valence-electron chi connectivity index (χ3n) is 3.39. The predicted octanol–water partition coefficient (Wildman–Crippen LogP) is 3.28. The molecule has 0 aliphatic rings. The molecule has 1 atom stereocenters. The van der Waals surface area contributed by atoms with Gasteiger partial charge in [0.25, 0.3) is 5.91 Å². The van der Waals surface area contributed by atoms with Crippen LogP contribution in [0, 0.1) is 0 Å². The first-order chi connectivity index (χ1) is 12.0. The second kappa shape index (κ2) is 8.73. The number of para-hydroxylation sites is 1. The Bertz CT molecular complexity index is 730. The Morgan fingerprint density at radius 1 is 1.08 bits per heavy atom. The number of nitrogens with one attached hydrogen (secondary N) is 1. The molecule has 0 heterocycles. The molecule has 6 heteroatoms. The number of ether oxygens (including phenoxy) is 3. The molecular formula is C19H21NO5. The summed E-state index contributed by atoms with van der Waals surface area (Å²) >= 11 is 0. The maximum absolute atomic E-state index is 12.3. The van der Waals surface area contributed by atoms with Gasteiger partial charge < -0.3 is 19.5 Å². The third kappa shape index (κ3) is 4.97. The van der Waals surface area contributed by atoms with Gasteiger partial charge in [-0.3, -0.25) is 4.79 Å². The van der Waals surface area contributed by atoms with Crippen molar-refractivity contribution < 1.29 is 23.8 Å². The summed E-state index contributed by atoms with van der Waals surface area (Å²) in [4.78, 5) is 24.4. The lowest BCUT2D eigenvalue weighted by Crippen LogP contribution is -2.30. The molecule has 1 amide bonds. The molecule has 1 N–H and O–H groups in total. The third-order valence-corrected chi connectivity index (χ3v) is 3.39. The zero-order valence-electron chi connectivity index (χ0n) is 14.4. The Balaban J connectivity index is 2.02. The van der Waals surface area contributed by atoms with Crippen molar-refractivity contribution in [2.24, 2.45) is 0 Å². The minimum Gasteiger partial charge on any atom is -0.493 e. The molecule has 0 saturated carbocycles. The van der Waals surface area contributed by atoms with Crippen molar-refractivity contribution in [3.8, 4) is 11.5 Å². The van der Waals surface area contributed by atoms with Gasteiger partial charge >= 0.3 is 5.97 Å². The topological polar surface area (TPSA) is 73.9 Å². The number of methoxy groups -OCH3 is 1. The second-order valence-corrected chi connectivity index (χ2v) is 5.20. The van der Waals surface area contributed by atoms with E-state index in [0.29, 0.717) is 23.8 Å². The lowest BCUT2D eigenvalue weighted by molar-refractivity contribution is -0.123. The summed E-state index contributed by atoms with van der Waals surface area (Å²) in [5.41, 5.74) is 0.915. The number of hydrogen-bond donors (Lipinski definition) is 1. The van der Waals surface area contributed by atoms with E-state index in [-0.39, 0.29) is 5.56 Å². The normalized spacial score (nSPS) is 11.3. The number of rotatable bonds is 7. The molecular weight excluding hydrogens is 322 g/mol. The molecule has 0 bridgehead atoms. The van der Waals surface area contributed by atoms with Crippen molar-refractivity contribution in [3.63, 3.8) is 0 Å². The summed E-state index contributed by atoms with van der Waals surface area (Å²) in [6, 6.07) is 13.7. The second-order valence-electron chi connectivity index (χ2n) is 5.20. The Morgan fingerprint density at radius 3 is 2.44 bits per heavy atom.